The van der Waals surface area contributed by atoms with Crippen LogP contribution in [0.1, 0.15) is 28.8 Å². The van der Waals surface area contributed by atoms with Gasteiger partial charge >= 0.3 is 6.18 Å². The number of benzene rings is 1. The molecule has 0 saturated carbocycles. The number of fused-ring (bicyclic) bond motifs is 1. The molecule has 1 saturated heterocycles. The maximum atomic E-state index is 13.1. The first-order valence-electron chi connectivity index (χ1n) is 8.00. The zero-order valence-electron chi connectivity index (χ0n) is 13.6. The lowest BCUT2D eigenvalue weighted by Crippen LogP contribution is -2.43. The maximum absolute atomic E-state index is 13.1. The number of nitrogens with zero attached hydrogens (tertiary/aromatic N) is 1. The second-order valence-corrected chi connectivity index (χ2v) is 6.23. The highest BCUT2D eigenvalue weighted by atomic mass is 19.4. The number of carbonyl (C=O) groups excluding carboxylic acids is 2. The summed E-state index contributed by atoms with van der Waals surface area (Å²) in [5, 5.41) is -0.197. The Balaban J connectivity index is 1.95. The van der Waals surface area contributed by atoms with Crippen LogP contribution in [0.2, 0.25) is 0 Å². The molecule has 0 unspecified atom stereocenters. The normalized spacial score (nSPS) is 16.0. The highest BCUT2D eigenvalue weighted by Gasteiger charge is 2.34. The number of carbonyl (C=O) groups is 2. The molecule has 0 bridgehead atoms. The minimum Gasteiger partial charge on any atom is -0.369 e. The van der Waals surface area contributed by atoms with E-state index in [1.807, 2.05) is 0 Å². The number of H-pyrrole nitrogens is 1. The minimum absolute atomic E-state index is 0.197. The van der Waals surface area contributed by atoms with Gasteiger partial charge in [0.2, 0.25) is 11.3 Å². The summed E-state index contributed by atoms with van der Waals surface area (Å²) in [6.45, 7) is 0.513. The third-order valence-corrected chi connectivity index (χ3v) is 4.63. The zero-order valence-corrected chi connectivity index (χ0v) is 13.6. The van der Waals surface area contributed by atoms with Crippen LogP contribution in [0.15, 0.2) is 29.2 Å². The van der Waals surface area contributed by atoms with Crippen molar-refractivity contribution in [2.75, 3.05) is 13.1 Å². The number of aromatic nitrogens is 1. The molecule has 0 atom stereocenters. The first-order valence-corrected chi connectivity index (χ1v) is 8.00. The number of likely N-dealkylation sites (tertiary alicyclic amines) is 1. The number of pyridine rings is 1. The van der Waals surface area contributed by atoms with Gasteiger partial charge in [-0.05, 0) is 25.0 Å². The molecule has 1 aliphatic heterocycles. The van der Waals surface area contributed by atoms with Crippen LogP contribution in [0.4, 0.5) is 13.2 Å². The molecule has 1 fully saturated rings. The number of hydrogen-bond acceptors (Lipinski definition) is 3. The van der Waals surface area contributed by atoms with E-state index in [9.17, 15) is 27.6 Å². The lowest BCUT2D eigenvalue weighted by molar-refractivity contribution is -0.136. The Morgan fingerprint density at radius 2 is 1.85 bits per heavy atom. The Morgan fingerprint density at radius 1 is 1.19 bits per heavy atom. The van der Waals surface area contributed by atoms with E-state index in [4.69, 9.17) is 5.73 Å². The Kier molecular flexibility index (Phi) is 4.47. The fraction of sp³-hybridized carbons (Fsp3) is 0.353. The summed E-state index contributed by atoms with van der Waals surface area (Å²) in [5.74, 6) is -1.32. The number of halogens is 3. The van der Waals surface area contributed by atoms with Gasteiger partial charge in [0.15, 0.2) is 0 Å². The molecule has 9 heteroatoms. The molecule has 1 aromatic carbocycles. The van der Waals surface area contributed by atoms with Crippen molar-refractivity contribution in [1.29, 1.82) is 0 Å². The summed E-state index contributed by atoms with van der Waals surface area (Å²) < 4.78 is 39.2. The Bertz CT molecular complexity index is 928. The van der Waals surface area contributed by atoms with Gasteiger partial charge in [0.25, 0.3) is 5.91 Å². The molecule has 0 spiro atoms. The van der Waals surface area contributed by atoms with E-state index >= 15 is 0 Å². The van der Waals surface area contributed by atoms with E-state index < -0.39 is 29.0 Å². The predicted octanol–water partition coefficient (Wildman–Crippen LogP) is 1.88. The van der Waals surface area contributed by atoms with Crippen LogP contribution < -0.4 is 11.2 Å². The molecule has 1 aliphatic rings. The standard InChI is InChI=1S/C17H16F3N3O3/c18-17(19,20)12-3-1-2-10-13(12)22-8-11(14(10)24)16(26)23-6-4-9(5-7-23)15(21)25/h1-3,8-9H,4-7H2,(H2,21,25)(H,22,24). The largest absolute Gasteiger partial charge is 0.418 e. The van der Waals surface area contributed by atoms with Gasteiger partial charge in [-0.25, -0.2) is 0 Å². The van der Waals surface area contributed by atoms with Gasteiger partial charge < -0.3 is 15.6 Å². The van der Waals surface area contributed by atoms with Crippen molar-refractivity contribution in [3.63, 3.8) is 0 Å². The van der Waals surface area contributed by atoms with Gasteiger partial charge in [0.05, 0.1) is 11.1 Å². The minimum atomic E-state index is -4.62. The highest BCUT2D eigenvalue weighted by Crippen LogP contribution is 2.33. The Labute approximate surface area is 145 Å². The third-order valence-electron chi connectivity index (χ3n) is 4.63. The fourth-order valence-electron chi connectivity index (χ4n) is 3.18. The zero-order chi connectivity index (χ0) is 19.1. The quantitative estimate of drug-likeness (QED) is 0.848. The lowest BCUT2D eigenvalue weighted by Gasteiger charge is -2.30. The monoisotopic (exact) mass is 367 g/mol. The molecule has 3 N–H and O–H groups in total. The molecule has 0 aliphatic carbocycles. The van der Waals surface area contributed by atoms with Gasteiger partial charge in [0.1, 0.15) is 5.56 Å². The molecule has 6 nitrogen and oxygen atoms in total. The Morgan fingerprint density at radius 3 is 2.42 bits per heavy atom. The van der Waals surface area contributed by atoms with Gasteiger partial charge in [-0.1, -0.05) is 6.07 Å². The van der Waals surface area contributed by atoms with Crippen molar-refractivity contribution in [2.24, 2.45) is 11.7 Å². The van der Waals surface area contributed by atoms with Crippen LogP contribution in [0.3, 0.4) is 0 Å². The van der Waals surface area contributed by atoms with Gasteiger partial charge in [-0.15, -0.1) is 0 Å². The summed E-state index contributed by atoms with van der Waals surface area (Å²) in [4.78, 5) is 40.2. The number of nitrogens with one attached hydrogen (secondary N) is 1. The van der Waals surface area contributed by atoms with E-state index in [0.29, 0.717) is 12.8 Å². The van der Waals surface area contributed by atoms with Crippen LogP contribution in [-0.2, 0) is 11.0 Å². The first kappa shape index (κ1) is 18.0. The van der Waals surface area contributed by atoms with Crippen LogP contribution >= 0.6 is 0 Å². The lowest BCUT2D eigenvalue weighted by atomic mass is 9.96. The first-order chi connectivity index (χ1) is 12.2. The summed E-state index contributed by atoms with van der Waals surface area (Å²) >= 11 is 0. The summed E-state index contributed by atoms with van der Waals surface area (Å²) in [6.07, 6.45) is -2.82. The smallest absolute Gasteiger partial charge is 0.369 e. The SMILES string of the molecule is NC(=O)C1CCN(C(=O)c2c[nH]c3c(C(F)(F)F)cccc3c2=O)CC1. The molecule has 3 rings (SSSR count). The summed E-state index contributed by atoms with van der Waals surface area (Å²) in [5.41, 5.74) is 2.94. The van der Waals surface area contributed by atoms with Crippen LogP contribution in [0.25, 0.3) is 10.9 Å². The molecular formula is C17H16F3N3O3. The molecule has 1 aromatic heterocycles. The fourth-order valence-corrected chi connectivity index (χ4v) is 3.18. The average Bonchev–Trinajstić information content (AvgIpc) is 2.60. The second-order valence-electron chi connectivity index (χ2n) is 6.23. The Hall–Kier alpha value is -2.84. The second kappa shape index (κ2) is 6.47. The van der Waals surface area contributed by atoms with Crippen molar-refractivity contribution < 1.29 is 22.8 Å². The van der Waals surface area contributed by atoms with Crippen molar-refractivity contribution in [3.05, 3.63) is 45.7 Å². The topological polar surface area (TPSA) is 96.3 Å². The van der Waals surface area contributed by atoms with E-state index in [2.05, 4.69) is 4.98 Å². The molecule has 2 heterocycles. The van der Waals surface area contributed by atoms with Crippen LogP contribution in [-0.4, -0.2) is 34.8 Å². The number of primary amides is 1. The van der Waals surface area contributed by atoms with Crippen LogP contribution in [0.5, 0.6) is 0 Å². The summed E-state index contributed by atoms with van der Waals surface area (Å²) in [7, 11) is 0. The number of piperidine rings is 1. The van der Waals surface area contributed by atoms with Crippen molar-refractivity contribution in [2.45, 2.75) is 19.0 Å². The number of amides is 2. The van der Waals surface area contributed by atoms with E-state index in [0.717, 1.165) is 18.3 Å². The number of nitrogens with two attached hydrogens (primary N) is 1. The van der Waals surface area contributed by atoms with Gasteiger partial charge in [-0.2, -0.15) is 13.2 Å². The molecule has 2 amide bonds. The summed E-state index contributed by atoms with van der Waals surface area (Å²) in [6, 6.07) is 3.25. The van der Waals surface area contributed by atoms with Crippen molar-refractivity contribution in [1.82, 2.24) is 9.88 Å². The third kappa shape index (κ3) is 3.16. The number of para-hydroxylation sites is 1. The number of hydrogen-bond donors (Lipinski definition) is 2. The van der Waals surface area contributed by atoms with Gasteiger partial charge in [0, 0.05) is 30.6 Å². The average molecular weight is 367 g/mol. The van der Waals surface area contributed by atoms with Gasteiger partial charge in [-0.3, -0.25) is 14.4 Å². The molecular weight excluding hydrogens is 351 g/mol. The maximum Gasteiger partial charge on any atom is 0.418 e. The van der Waals surface area contributed by atoms with E-state index in [1.165, 1.54) is 11.0 Å². The van der Waals surface area contributed by atoms with Crippen molar-refractivity contribution >= 4 is 22.7 Å². The molecule has 2 aromatic rings. The number of aromatic amines is 1. The van der Waals surface area contributed by atoms with E-state index in [-0.39, 0.29) is 35.5 Å². The molecule has 138 valence electrons. The predicted molar refractivity (Wildman–Crippen MR) is 87.4 cm³/mol. The number of alkyl halides is 3. The van der Waals surface area contributed by atoms with Crippen molar-refractivity contribution in [3.8, 4) is 0 Å². The molecule has 26 heavy (non-hydrogen) atoms. The van der Waals surface area contributed by atoms with E-state index in [1.54, 1.807) is 0 Å². The number of rotatable bonds is 2. The molecule has 0 radical (unpaired) electrons. The van der Waals surface area contributed by atoms with Crippen LogP contribution in [0, 0.1) is 5.92 Å². The highest BCUT2D eigenvalue weighted by molar-refractivity contribution is 5.97.